The van der Waals surface area contributed by atoms with Gasteiger partial charge in [-0.05, 0) is 37.7 Å². The highest BCUT2D eigenvalue weighted by molar-refractivity contribution is 6.30. The third-order valence-corrected chi connectivity index (χ3v) is 3.49. The molecule has 2 aromatic carbocycles. The number of halogens is 2. The molecule has 0 heterocycles. The lowest BCUT2D eigenvalue weighted by molar-refractivity contribution is 0.169. The molecule has 0 amide bonds. The SMILES string of the molecule is CCNC(c1ccccc1F)C(C)Oc1cccc(Cl)c1. The van der Waals surface area contributed by atoms with Gasteiger partial charge in [0.05, 0.1) is 6.04 Å². The van der Waals surface area contributed by atoms with Gasteiger partial charge in [0.2, 0.25) is 0 Å². The van der Waals surface area contributed by atoms with E-state index in [9.17, 15) is 4.39 Å². The molecule has 4 heteroatoms. The van der Waals surface area contributed by atoms with E-state index in [2.05, 4.69) is 5.32 Å². The van der Waals surface area contributed by atoms with Crippen molar-refractivity contribution in [1.82, 2.24) is 5.32 Å². The van der Waals surface area contributed by atoms with Gasteiger partial charge in [-0.1, -0.05) is 42.8 Å². The van der Waals surface area contributed by atoms with Gasteiger partial charge >= 0.3 is 0 Å². The fourth-order valence-electron chi connectivity index (χ4n) is 2.30. The van der Waals surface area contributed by atoms with Crippen molar-refractivity contribution in [2.24, 2.45) is 0 Å². The lowest BCUT2D eigenvalue weighted by Crippen LogP contribution is -2.34. The zero-order valence-electron chi connectivity index (χ0n) is 12.1. The van der Waals surface area contributed by atoms with Crippen molar-refractivity contribution in [1.29, 1.82) is 0 Å². The van der Waals surface area contributed by atoms with Crippen LogP contribution in [0.1, 0.15) is 25.5 Å². The zero-order chi connectivity index (χ0) is 15.2. The molecule has 1 N–H and O–H groups in total. The van der Waals surface area contributed by atoms with Crippen molar-refractivity contribution in [3.63, 3.8) is 0 Å². The molecule has 112 valence electrons. The van der Waals surface area contributed by atoms with Crippen molar-refractivity contribution in [3.05, 3.63) is 64.9 Å². The van der Waals surface area contributed by atoms with Crippen molar-refractivity contribution in [2.45, 2.75) is 26.0 Å². The van der Waals surface area contributed by atoms with Crippen molar-refractivity contribution in [2.75, 3.05) is 6.54 Å². The maximum Gasteiger partial charge on any atom is 0.128 e. The van der Waals surface area contributed by atoms with Gasteiger partial charge < -0.3 is 10.1 Å². The molecule has 2 atom stereocenters. The summed E-state index contributed by atoms with van der Waals surface area (Å²) < 4.78 is 19.9. The van der Waals surface area contributed by atoms with Gasteiger partial charge in [-0.3, -0.25) is 0 Å². The summed E-state index contributed by atoms with van der Waals surface area (Å²) in [7, 11) is 0. The Morgan fingerprint density at radius 3 is 2.62 bits per heavy atom. The molecule has 2 rings (SSSR count). The summed E-state index contributed by atoms with van der Waals surface area (Å²) in [5.74, 6) is 0.444. The van der Waals surface area contributed by atoms with Gasteiger partial charge in [-0.2, -0.15) is 0 Å². The first-order chi connectivity index (χ1) is 10.1. The van der Waals surface area contributed by atoms with Gasteiger partial charge in [-0.15, -0.1) is 0 Å². The minimum atomic E-state index is -0.236. The van der Waals surface area contributed by atoms with Crippen LogP contribution in [0, 0.1) is 5.82 Å². The highest BCUT2D eigenvalue weighted by Crippen LogP contribution is 2.25. The van der Waals surface area contributed by atoms with E-state index in [1.54, 1.807) is 24.3 Å². The normalized spacial score (nSPS) is 13.7. The molecule has 0 aliphatic carbocycles. The third kappa shape index (κ3) is 4.19. The summed E-state index contributed by atoms with van der Waals surface area (Å²) in [4.78, 5) is 0. The summed E-state index contributed by atoms with van der Waals surface area (Å²) in [6.45, 7) is 4.63. The third-order valence-electron chi connectivity index (χ3n) is 3.25. The first kappa shape index (κ1) is 15.8. The van der Waals surface area contributed by atoms with Crippen LogP contribution in [-0.2, 0) is 0 Å². The fourth-order valence-corrected chi connectivity index (χ4v) is 2.48. The maximum atomic E-state index is 14.0. The Morgan fingerprint density at radius 2 is 1.95 bits per heavy atom. The molecule has 21 heavy (non-hydrogen) atoms. The van der Waals surface area contributed by atoms with Crippen LogP contribution in [0.2, 0.25) is 5.02 Å². The van der Waals surface area contributed by atoms with Gasteiger partial charge in [0.1, 0.15) is 17.7 Å². The Kier molecular flexibility index (Phi) is 5.59. The number of likely N-dealkylation sites (N-methyl/N-ethyl adjacent to an activating group) is 1. The van der Waals surface area contributed by atoms with E-state index in [1.807, 2.05) is 32.0 Å². The molecule has 0 saturated heterocycles. The lowest BCUT2D eigenvalue weighted by atomic mass is 10.0. The van der Waals surface area contributed by atoms with E-state index >= 15 is 0 Å². The van der Waals surface area contributed by atoms with Gasteiger partial charge in [0, 0.05) is 10.6 Å². The van der Waals surface area contributed by atoms with Crippen LogP contribution in [0.4, 0.5) is 4.39 Å². The van der Waals surface area contributed by atoms with E-state index in [0.717, 1.165) is 6.54 Å². The van der Waals surface area contributed by atoms with Crippen LogP contribution in [0.5, 0.6) is 5.75 Å². The predicted octanol–water partition coefficient (Wildman–Crippen LogP) is 4.60. The summed E-state index contributed by atoms with van der Waals surface area (Å²) in [5.41, 5.74) is 0.605. The fraction of sp³-hybridized carbons (Fsp3) is 0.294. The molecule has 2 aromatic rings. The Labute approximate surface area is 129 Å². The first-order valence-corrected chi connectivity index (χ1v) is 7.39. The Bertz CT molecular complexity index is 591. The van der Waals surface area contributed by atoms with Gasteiger partial charge in [0.15, 0.2) is 0 Å². The van der Waals surface area contributed by atoms with E-state index in [4.69, 9.17) is 16.3 Å². The Morgan fingerprint density at radius 1 is 1.19 bits per heavy atom. The number of ether oxygens (including phenoxy) is 1. The van der Waals surface area contributed by atoms with Crippen LogP contribution < -0.4 is 10.1 Å². The van der Waals surface area contributed by atoms with E-state index in [-0.39, 0.29) is 18.0 Å². The van der Waals surface area contributed by atoms with Crippen LogP contribution in [0.15, 0.2) is 48.5 Å². The monoisotopic (exact) mass is 307 g/mol. The quantitative estimate of drug-likeness (QED) is 0.842. The van der Waals surface area contributed by atoms with E-state index < -0.39 is 0 Å². The van der Waals surface area contributed by atoms with E-state index in [0.29, 0.717) is 16.3 Å². The average Bonchev–Trinajstić information content (AvgIpc) is 2.45. The first-order valence-electron chi connectivity index (χ1n) is 7.02. The van der Waals surface area contributed by atoms with Crippen molar-refractivity contribution in [3.8, 4) is 5.75 Å². The van der Waals surface area contributed by atoms with Crippen LogP contribution in [0.3, 0.4) is 0 Å². The number of benzene rings is 2. The topological polar surface area (TPSA) is 21.3 Å². The molecule has 0 spiro atoms. The minimum Gasteiger partial charge on any atom is -0.489 e. The molecule has 0 saturated carbocycles. The Hall–Kier alpha value is -1.58. The summed E-state index contributed by atoms with van der Waals surface area (Å²) in [6.07, 6.45) is -0.236. The lowest BCUT2D eigenvalue weighted by Gasteiger charge is -2.26. The smallest absolute Gasteiger partial charge is 0.128 e. The molecule has 2 nitrogen and oxygen atoms in total. The van der Waals surface area contributed by atoms with Crippen molar-refractivity contribution < 1.29 is 9.13 Å². The molecule has 2 unspecified atom stereocenters. The van der Waals surface area contributed by atoms with Crippen LogP contribution in [0.25, 0.3) is 0 Å². The van der Waals surface area contributed by atoms with E-state index in [1.165, 1.54) is 6.07 Å². The summed E-state index contributed by atoms with van der Waals surface area (Å²) in [5, 5.41) is 3.89. The highest BCUT2D eigenvalue weighted by atomic mass is 35.5. The summed E-state index contributed by atoms with van der Waals surface area (Å²) >= 11 is 5.96. The van der Waals surface area contributed by atoms with Crippen LogP contribution in [-0.4, -0.2) is 12.6 Å². The van der Waals surface area contributed by atoms with Crippen molar-refractivity contribution >= 4 is 11.6 Å². The second-order valence-electron chi connectivity index (χ2n) is 4.84. The molecule has 0 fully saturated rings. The average molecular weight is 308 g/mol. The molecular formula is C17H19ClFNO. The number of hydrogen-bond donors (Lipinski definition) is 1. The Balaban J connectivity index is 2.20. The molecule has 0 radical (unpaired) electrons. The molecule has 0 aromatic heterocycles. The largest absolute Gasteiger partial charge is 0.489 e. The van der Waals surface area contributed by atoms with Crippen LogP contribution >= 0.6 is 11.6 Å². The molecule has 0 aliphatic heterocycles. The molecule has 0 aliphatic rings. The molecule has 0 bridgehead atoms. The second kappa shape index (κ2) is 7.43. The number of hydrogen-bond acceptors (Lipinski definition) is 2. The second-order valence-corrected chi connectivity index (χ2v) is 5.27. The zero-order valence-corrected chi connectivity index (χ0v) is 12.9. The molecular weight excluding hydrogens is 289 g/mol. The van der Waals surface area contributed by atoms with Gasteiger partial charge in [0.25, 0.3) is 0 Å². The maximum absolute atomic E-state index is 14.0. The number of nitrogens with one attached hydrogen (secondary N) is 1. The minimum absolute atomic E-state index is 0.227. The highest BCUT2D eigenvalue weighted by Gasteiger charge is 2.22. The number of rotatable bonds is 6. The predicted molar refractivity (Wildman–Crippen MR) is 84.4 cm³/mol. The van der Waals surface area contributed by atoms with Gasteiger partial charge in [-0.25, -0.2) is 4.39 Å². The standard InChI is InChI=1S/C17H19ClFNO/c1-3-20-17(15-9-4-5-10-16(15)19)12(2)21-14-8-6-7-13(18)11-14/h4-12,17,20H,3H2,1-2H3. The summed E-state index contributed by atoms with van der Waals surface area (Å²) in [6, 6.07) is 13.7.